The lowest BCUT2D eigenvalue weighted by Gasteiger charge is -2.40. The number of nitrogens with one attached hydrogen (secondary N) is 1. The van der Waals surface area contributed by atoms with Crippen LogP contribution in [0.2, 0.25) is 0 Å². The quantitative estimate of drug-likeness (QED) is 0.876. The minimum Gasteiger partial charge on any atom is -0.336 e. The van der Waals surface area contributed by atoms with E-state index in [4.69, 9.17) is 0 Å². The second kappa shape index (κ2) is 8.40. The molecule has 6 nitrogen and oxygen atoms in total. The molecule has 27 heavy (non-hydrogen) atoms. The largest absolute Gasteiger partial charge is 0.336 e. The van der Waals surface area contributed by atoms with Crippen LogP contribution in [0.15, 0.2) is 36.5 Å². The Labute approximate surface area is 166 Å². The molecule has 3 heterocycles. The molecule has 1 N–H and O–H groups in total. The van der Waals surface area contributed by atoms with Gasteiger partial charge in [0.1, 0.15) is 0 Å². The van der Waals surface area contributed by atoms with Crippen LogP contribution in [0.3, 0.4) is 0 Å². The van der Waals surface area contributed by atoms with Crippen molar-refractivity contribution in [3.05, 3.63) is 47.8 Å². The molecule has 2 fully saturated rings. The second-order valence-corrected chi connectivity index (χ2v) is 7.82. The Balaban J connectivity index is 0.00000210. The summed E-state index contributed by atoms with van der Waals surface area (Å²) in [6.45, 7) is 5.77. The summed E-state index contributed by atoms with van der Waals surface area (Å²) in [5.41, 5.74) is 1.77. The normalized spacial score (nSPS) is 23.7. The highest BCUT2D eigenvalue weighted by Crippen LogP contribution is 2.34. The van der Waals surface area contributed by atoms with Crippen LogP contribution < -0.4 is 5.32 Å². The number of amides is 1. The molecule has 4 rings (SSSR count). The van der Waals surface area contributed by atoms with E-state index >= 15 is 0 Å². The van der Waals surface area contributed by atoms with E-state index in [2.05, 4.69) is 46.8 Å². The third-order valence-corrected chi connectivity index (χ3v) is 5.87. The number of hydrogen-bond donors (Lipinski definition) is 1. The van der Waals surface area contributed by atoms with E-state index in [9.17, 15) is 4.79 Å². The van der Waals surface area contributed by atoms with Gasteiger partial charge in [-0.3, -0.25) is 4.79 Å². The predicted octanol–water partition coefficient (Wildman–Crippen LogP) is 2.82. The van der Waals surface area contributed by atoms with E-state index in [1.807, 2.05) is 21.8 Å². The predicted molar refractivity (Wildman–Crippen MR) is 107 cm³/mol. The van der Waals surface area contributed by atoms with E-state index in [1.54, 1.807) is 0 Å². The molecule has 1 atom stereocenters. The molecular weight excluding hydrogens is 362 g/mol. The Kier molecular flexibility index (Phi) is 6.17. The summed E-state index contributed by atoms with van der Waals surface area (Å²) in [4.78, 5) is 15.0. The lowest BCUT2D eigenvalue weighted by Crippen LogP contribution is -2.47. The molecule has 7 heteroatoms. The molecule has 0 aliphatic carbocycles. The van der Waals surface area contributed by atoms with Gasteiger partial charge in [0.05, 0.1) is 12.2 Å². The lowest BCUT2D eigenvalue weighted by molar-refractivity contribution is 0.0645. The van der Waals surface area contributed by atoms with Gasteiger partial charge in [0.15, 0.2) is 5.69 Å². The number of rotatable bonds is 3. The maximum Gasteiger partial charge on any atom is 0.276 e. The number of likely N-dealkylation sites (tertiary alicyclic amines) is 1. The van der Waals surface area contributed by atoms with Gasteiger partial charge < -0.3 is 10.2 Å². The fraction of sp³-hybridized carbons (Fsp3) is 0.550. The highest BCUT2D eigenvalue weighted by molar-refractivity contribution is 5.92. The number of halogens is 1. The molecule has 2 aliphatic rings. The average Bonchev–Trinajstić information content (AvgIpc) is 3.19. The van der Waals surface area contributed by atoms with Crippen molar-refractivity contribution in [1.29, 1.82) is 0 Å². The first kappa shape index (κ1) is 19.8. The molecule has 0 saturated carbocycles. The van der Waals surface area contributed by atoms with Gasteiger partial charge in [0.25, 0.3) is 5.91 Å². The van der Waals surface area contributed by atoms with Crippen molar-refractivity contribution in [3.63, 3.8) is 0 Å². The monoisotopic (exact) mass is 389 g/mol. The van der Waals surface area contributed by atoms with Crippen molar-refractivity contribution >= 4 is 18.3 Å². The summed E-state index contributed by atoms with van der Waals surface area (Å²) in [7, 11) is 0. The molecule has 2 aliphatic heterocycles. The zero-order chi connectivity index (χ0) is 18.0. The minimum atomic E-state index is 0. The SMILES string of the molecule is CC1(c2ccccc2)CCCN(C(=O)c2cn(C3CCNCC3)nn2)C1.Cl. The molecule has 0 bridgehead atoms. The Morgan fingerprint density at radius 1 is 1.22 bits per heavy atom. The molecule has 1 aromatic carbocycles. The number of carbonyl (C=O) groups excluding carboxylic acids is 1. The van der Waals surface area contributed by atoms with Crippen molar-refractivity contribution in [2.45, 2.75) is 44.1 Å². The average molecular weight is 390 g/mol. The molecule has 0 spiro atoms. The molecular formula is C20H28ClN5O. The third kappa shape index (κ3) is 4.17. The smallest absolute Gasteiger partial charge is 0.276 e. The van der Waals surface area contributed by atoms with Gasteiger partial charge in [-0.05, 0) is 44.3 Å². The highest BCUT2D eigenvalue weighted by atomic mass is 35.5. The van der Waals surface area contributed by atoms with Crippen LogP contribution in [-0.4, -0.2) is 52.0 Å². The summed E-state index contributed by atoms with van der Waals surface area (Å²) >= 11 is 0. The first-order valence-electron chi connectivity index (χ1n) is 9.63. The topological polar surface area (TPSA) is 63.1 Å². The van der Waals surface area contributed by atoms with Crippen LogP contribution in [0.1, 0.15) is 54.7 Å². The zero-order valence-electron chi connectivity index (χ0n) is 15.8. The Hall–Kier alpha value is -1.92. The van der Waals surface area contributed by atoms with E-state index in [0.717, 1.165) is 51.9 Å². The van der Waals surface area contributed by atoms with Crippen molar-refractivity contribution < 1.29 is 4.79 Å². The maximum absolute atomic E-state index is 13.0. The number of hydrogen-bond acceptors (Lipinski definition) is 4. The fourth-order valence-electron chi connectivity index (χ4n) is 4.28. The number of nitrogens with zero attached hydrogens (tertiary/aromatic N) is 4. The van der Waals surface area contributed by atoms with Crippen molar-refractivity contribution in [2.75, 3.05) is 26.2 Å². The number of aromatic nitrogens is 3. The van der Waals surface area contributed by atoms with Crippen LogP contribution in [0.5, 0.6) is 0 Å². The molecule has 1 aromatic heterocycles. The van der Waals surface area contributed by atoms with Crippen molar-refractivity contribution in [2.24, 2.45) is 0 Å². The van der Waals surface area contributed by atoms with E-state index in [0.29, 0.717) is 11.7 Å². The van der Waals surface area contributed by atoms with Gasteiger partial charge in [-0.2, -0.15) is 0 Å². The third-order valence-electron chi connectivity index (χ3n) is 5.87. The Morgan fingerprint density at radius 3 is 2.70 bits per heavy atom. The molecule has 2 aromatic rings. The van der Waals surface area contributed by atoms with E-state index < -0.39 is 0 Å². The molecule has 0 radical (unpaired) electrons. The van der Waals surface area contributed by atoms with Crippen molar-refractivity contribution in [3.8, 4) is 0 Å². The first-order valence-corrected chi connectivity index (χ1v) is 9.63. The lowest BCUT2D eigenvalue weighted by atomic mass is 9.76. The van der Waals surface area contributed by atoms with Gasteiger partial charge in [-0.1, -0.05) is 42.5 Å². The molecule has 1 unspecified atom stereocenters. The van der Waals surface area contributed by atoms with Gasteiger partial charge >= 0.3 is 0 Å². The summed E-state index contributed by atoms with van der Waals surface area (Å²) in [5.74, 6) is 0.00652. The highest BCUT2D eigenvalue weighted by Gasteiger charge is 2.35. The van der Waals surface area contributed by atoms with Crippen LogP contribution in [0, 0.1) is 0 Å². The van der Waals surface area contributed by atoms with Crippen LogP contribution >= 0.6 is 12.4 Å². The van der Waals surface area contributed by atoms with Crippen LogP contribution in [-0.2, 0) is 5.41 Å². The summed E-state index contributed by atoms with van der Waals surface area (Å²) < 4.78 is 1.88. The van der Waals surface area contributed by atoms with Crippen LogP contribution in [0.25, 0.3) is 0 Å². The standard InChI is InChI=1S/C20H27N5O.ClH/c1-20(16-6-3-2-4-7-16)10-5-13-24(15-20)19(26)18-14-25(23-22-18)17-8-11-21-12-9-17;/h2-4,6-7,14,17,21H,5,8-13,15H2,1H3;1H. The number of carbonyl (C=O) groups is 1. The molecule has 2 saturated heterocycles. The number of benzene rings is 1. The number of piperidine rings is 2. The van der Waals surface area contributed by atoms with E-state index in [1.165, 1.54) is 5.56 Å². The van der Waals surface area contributed by atoms with Gasteiger partial charge in [0, 0.05) is 18.5 Å². The summed E-state index contributed by atoms with van der Waals surface area (Å²) in [6.07, 6.45) is 6.02. The van der Waals surface area contributed by atoms with Gasteiger partial charge in [-0.15, -0.1) is 17.5 Å². The maximum atomic E-state index is 13.0. The first-order chi connectivity index (χ1) is 12.7. The second-order valence-electron chi connectivity index (χ2n) is 7.82. The zero-order valence-corrected chi connectivity index (χ0v) is 16.6. The molecule has 1 amide bonds. The minimum absolute atomic E-state index is 0. The van der Waals surface area contributed by atoms with Crippen LogP contribution in [0.4, 0.5) is 0 Å². The van der Waals surface area contributed by atoms with Gasteiger partial charge in [0.2, 0.25) is 0 Å². The van der Waals surface area contributed by atoms with Crippen molar-refractivity contribution in [1.82, 2.24) is 25.2 Å². The molecule has 146 valence electrons. The van der Waals surface area contributed by atoms with Gasteiger partial charge in [-0.25, -0.2) is 4.68 Å². The fourth-order valence-corrected chi connectivity index (χ4v) is 4.28. The summed E-state index contributed by atoms with van der Waals surface area (Å²) in [6, 6.07) is 10.9. The Morgan fingerprint density at radius 2 is 1.96 bits per heavy atom. The van der Waals surface area contributed by atoms with E-state index in [-0.39, 0.29) is 23.7 Å². The summed E-state index contributed by atoms with van der Waals surface area (Å²) in [5, 5.41) is 11.8. The Bertz CT molecular complexity index is 759.